The van der Waals surface area contributed by atoms with Gasteiger partial charge in [-0.2, -0.15) is 0 Å². The molecule has 166 valence electrons. The number of unbranched alkanes of at least 4 members (excludes halogenated alkanes) is 1. The van der Waals surface area contributed by atoms with Crippen molar-refractivity contribution in [3.63, 3.8) is 0 Å². The van der Waals surface area contributed by atoms with Crippen LogP contribution in [0.5, 0.6) is 5.75 Å². The molecular weight excluding hydrogens is 398 g/mol. The Bertz CT molecular complexity index is 835. The zero-order chi connectivity index (χ0) is 22.5. The van der Waals surface area contributed by atoms with Gasteiger partial charge in [0.1, 0.15) is 18.4 Å². The smallest absolute Gasteiger partial charge is 0.408 e. The lowest BCUT2D eigenvalue weighted by atomic mass is 10.0. The Balaban J connectivity index is 1.93. The third-order valence-corrected chi connectivity index (χ3v) is 4.60. The van der Waals surface area contributed by atoms with Crippen molar-refractivity contribution in [3.8, 4) is 5.75 Å². The molecular formula is C24H29NO6. The van der Waals surface area contributed by atoms with Crippen LogP contribution in [0.25, 0.3) is 0 Å². The number of carbonyl (C=O) groups excluding carboxylic acids is 3. The number of ketones is 1. The van der Waals surface area contributed by atoms with Crippen LogP contribution in [0.4, 0.5) is 4.79 Å². The summed E-state index contributed by atoms with van der Waals surface area (Å²) in [6.07, 6.45) is 1.04. The van der Waals surface area contributed by atoms with E-state index in [2.05, 4.69) is 5.32 Å². The number of ether oxygens (including phenoxy) is 3. The average molecular weight is 427 g/mol. The maximum atomic E-state index is 12.5. The van der Waals surface area contributed by atoms with Crippen LogP contribution in [-0.2, 0) is 20.9 Å². The molecule has 0 saturated carbocycles. The fraction of sp³-hybridized carbons (Fsp3) is 0.375. The number of nitrogens with one attached hydrogen (secondary N) is 1. The van der Waals surface area contributed by atoms with Crippen LogP contribution in [0.1, 0.15) is 48.5 Å². The van der Waals surface area contributed by atoms with Crippen LogP contribution in [0, 0.1) is 0 Å². The van der Waals surface area contributed by atoms with Gasteiger partial charge in [0, 0.05) is 12.0 Å². The molecule has 0 radical (unpaired) electrons. The SMILES string of the molecule is CCCCOC(=O)C(CCC(=O)c1ccc(OC)cc1)NC(=O)OCc1ccccc1. The average Bonchev–Trinajstić information content (AvgIpc) is 2.81. The molecule has 0 aliphatic heterocycles. The third-order valence-electron chi connectivity index (χ3n) is 4.60. The van der Waals surface area contributed by atoms with Gasteiger partial charge in [0.05, 0.1) is 13.7 Å². The topological polar surface area (TPSA) is 90.9 Å². The Morgan fingerprint density at radius 2 is 1.68 bits per heavy atom. The first-order chi connectivity index (χ1) is 15.0. The Morgan fingerprint density at radius 3 is 2.32 bits per heavy atom. The van der Waals surface area contributed by atoms with E-state index in [-0.39, 0.29) is 31.8 Å². The molecule has 0 spiro atoms. The summed E-state index contributed by atoms with van der Waals surface area (Å²) in [4.78, 5) is 37.1. The Labute approximate surface area is 182 Å². The second kappa shape index (κ2) is 13.1. The summed E-state index contributed by atoms with van der Waals surface area (Å²) in [6, 6.07) is 15.0. The van der Waals surface area contributed by atoms with Gasteiger partial charge in [-0.3, -0.25) is 4.79 Å². The van der Waals surface area contributed by atoms with Gasteiger partial charge >= 0.3 is 12.1 Å². The number of Topliss-reactive ketones (excluding diaryl/α,β-unsaturated/α-hetero) is 1. The summed E-state index contributed by atoms with van der Waals surface area (Å²) in [5.74, 6) is -0.0714. The van der Waals surface area contributed by atoms with Crippen LogP contribution >= 0.6 is 0 Å². The number of hydrogen-bond donors (Lipinski definition) is 1. The molecule has 31 heavy (non-hydrogen) atoms. The molecule has 0 bridgehead atoms. The zero-order valence-electron chi connectivity index (χ0n) is 18.0. The van der Waals surface area contributed by atoms with Gasteiger partial charge in [-0.05, 0) is 42.7 Å². The minimum atomic E-state index is -0.970. The molecule has 2 aromatic rings. The first kappa shape index (κ1) is 23.9. The highest BCUT2D eigenvalue weighted by atomic mass is 16.6. The van der Waals surface area contributed by atoms with E-state index in [4.69, 9.17) is 14.2 Å². The van der Waals surface area contributed by atoms with Gasteiger partial charge in [-0.25, -0.2) is 9.59 Å². The van der Waals surface area contributed by atoms with Crippen molar-refractivity contribution in [2.75, 3.05) is 13.7 Å². The molecule has 0 aromatic heterocycles. The maximum Gasteiger partial charge on any atom is 0.408 e. The van der Waals surface area contributed by atoms with Crippen LogP contribution < -0.4 is 10.1 Å². The van der Waals surface area contributed by atoms with E-state index in [0.29, 0.717) is 11.3 Å². The molecule has 1 atom stereocenters. The van der Waals surface area contributed by atoms with Crippen molar-refractivity contribution in [2.24, 2.45) is 0 Å². The van der Waals surface area contributed by atoms with Crippen molar-refractivity contribution in [1.82, 2.24) is 5.32 Å². The van der Waals surface area contributed by atoms with E-state index in [0.717, 1.165) is 18.4 Å². The molecule has 0 aliphatic rings. The molecule has 0 fully saturated rings. The number of hydrogen-bond acceptors (Lipinski definition) is 6. The minimum absolute atomic E-state index is 0.0683. The zero-order valence-corrected chi connectivity index (χ0v) is 18.0. The number of rotatable bonds is 12. The Morgan fingerprint density at radius 1 is 0.968 bits per heavy atom. The van der Waals surface area contributed by atoms with Crippen molar-refractivity contribution in [1.29, 1.82) is 0 Å². The lowest BCUT2D eigenvalue weighted by Crippen LogP contribution is -2.42. The molecule has 0 saturated heterocycles. The second-order valence-corrected chi connectivity index (χ2v) is 6.97. The molecule has 1 N–H and O–H groups in total. The quantitative estimate of drug-likeness (QED) is 0.309. The Hall–Kier alpha value is -3.35. The predicted octanol–water partition coefficient (Wildman–Crippen LogP) is 4.30. The van der Waals surface area contributed by atoms with Crippen LogP contribution in [0.3, 0.4) is 0 Å². The fourth-order valence-corrected chi connectivity index (χ4v) is 2.77. The van der Waals surface area contributed by atoms with E-state index in [1.807, 2.05) is 37.3 Å². The summed E-state index contributed by atoms with van der Waals surface area (Å²) in [6.45, 7) is 2.33. The van der Waals surface area contributed by atoms with Gasteiger partial charge < -0.3 is 19.5 Å². The molecule has 0 heterocycles. The molecule has 7 heteroatoms. The largest absolute Gasteiger partial charge is 0.497 e. The standard InChI is InChI=1S/C24H29NO6/c1-3-4-16-30-23(27)21(25-24(28)31-17-18-8-6-5-7-9-18)14-15-22(26)19-10-12-20(29-2)13-11-19/h5-13,21H,3-4,14-17H2,1-2H3,(H,25,28). The minimum Gasteiger partial charge on any atom is -0.497 e. The van der Waals surface area contributed by atoms with Crippen molar-refractivity contribution in [2.45, 2.75) is 45.3 Å². The number of methoxy groups -OCH3 is 1. The molecule has 2 aromatic carbocycles. The number of amides is 1. The van der Waals surface area contributed by atoms with Crippen LogP contribution in [0.2, 0.25) is 0 Å². The van der Waals surface area contributed by atoms with Gasteiger partial charge in [0.25, 0.3) is 0 Å². The molecule has 2 rings (SSSR count). The van der Waals surface area contributed by atoms with E-state index < -0.39 is 18.1 Å². The summed E-state index contributed by atoms with van der Waals surface area (Å²) < 4.78 is 15.5. The van der Waals surface area contributed by atoms with Gasteiger partial charge in [0.2, 0.25) is 0 Å². The lowest BCUT2D eigenvalue weighted by Gasteiger charge is -2.17. The summed E-state index contributed by atoms with van der Waals surface area (Å²) in [5.41, 5.74) is 1.33. The van der Waals surface area contributed by atoms with E-state index in [9.17, 15) is 14.4 Å². The fourth-order valence-electron chi connectivity index (χ4n) is 2.77. The summed E-state index contributed by atoms with van der Waals surface area (Å²) in [7, 11) is 1.55. The second-order valence-electron chi connectivity index (χ2n) is 6.97. The third kappa shape index (κ3) is 8.50. The molecule has 0 aliphatic carbocycles. The predicted molar refractivity (Wildman–Crippen MR) is 116 cm³/mol. The van der Waals surface area contributed by atoms with E-state index in [1.165, 1.54) is 0 Å². The highest BCUT2D eigenvalue weighted by molar-refractivity contribution is 5.96. The normalized spacial score (nSPS) is 11.3. The van der Waals surface area contributed by atoms with Crippen LogP contribution in [-0.4, -0.2) is 37.6 Å². The number of carbonyl (C=O) groups is 3. The van der Waals surface area contributed by atoms with Gasteiger partial charge in [-0.15, -0.1) is 0 Å². The van der Waals surface area contributed by atoms with Crippen molar-refractivity contribution in [3.05, 3.63) is 65.7 Å². The first-order valence-electron chi connectivity index (χ1n) is 10.3. The van der Waals surface area contributed by atoms with Gasteiger partial charge in [-0.1, -0.05) is 43.7 Å². The Kier molecular flexibility index (Phi) is 10.1. The maximum absolute atomic E-state index is 12.5. The number of alkyl carbamates (subject to hydrolysis) is 1. The summed E-state index contributed by atoms with van der Waals surface area (Å²) in [5, 5.41) is 2.53. The summed E-state index contributed by atoms with van der Waals surface area (Å²) >= 11 is 0. The first-order valence-corrected chi connectivity index (χ1v) is 10.3. The number of benzene rings is 2. The molecule has 1 amide bonds. The van der Waals surface area contributed by atoms with Gasteiger partial charge in [0.15, 0.2) is 5.78 Å². The van der Waals surface area contributed by atoms with E-state index in [1.54, 1.807) is 31.4 Å². The van der Waals surface area contributed by atoms with Crippen molar-refractivity contribution >= 4 is 17.8 Å². The van der Waals surface area contributed by atoms with Crippen LogP contribution in [0.15, 0.2) is 54.6 Å². The molecule has 1 unspecified atom stereocenters. The number of esters is 1. The highest BCUT2D eigenvalue weighted by Gasteiger charge is 2.24. The molecule has 7 nitrogen and oxygen atoms in total. The highest BCUT2D eigenvalue weighted by Crippen LogP contribution is 2.14. The van der Waals surface area contributed by atoms with E-state index >= 15 is 0 Å². The van der Waals surface area contributed by atoms with Crippen molar-refractivity contribution < 1.29 is 28.6 Å². The monoisotopic (exact) mass is 427 g/mol. The lowest BCUT2D eigenvalue weighted by molar-refractivity contribution is -0.146.